The van der Waals surface area contributed by atoms with E-state index in [-0.39, 0.29) is 42.5 Å². The summed E-state index contributed by atoms with van der Waals surface area (Å²) in [5.74, 6) is -2.94. The van der Waals surface area contributed by atoms with Crippen LogP contribution in [0.3, 0.4) is 0 Å². The minimum atomic E-state index is -1.20. The Morgan fingerprint density at radius 3 is 2.00 bits per heavy atom. The number of carboxylic acid groups (broad SMARTS) is 4. The molecular weight excluding hydrogens is 712 g/mol. The molecule has 4 aromatic carbocycles. The quantitative estimate of drug-likeness (QED) is 0.0596. The van der Waals surface area contributed by atoms with Crippen LogP contribution < -0.4 is 33.8 Å². The molecule has 0 radical (unpaired) electrons. The molecule has 1 heterocycles. The molecule has 0 bridgehead atoms. The molecule has 5 N–H and O–H groups in total. The zero-order valence-corrected chi connectivity index (χ0v) is 31.2. The van der Waals surface area contributed by atoms with E-state index < -0.39 is 37.0 Å². The molecule has 4 aromatic rings. The average molecular weight is 758 g/mol. The topological polar surface area (TPSA) is 195 Å². The van der Waals surface area contributed by atoms with Crippen LogP contribution in [-0.2, 0) is 19.2 Å². The molecule has 290 valence electrons. The third-order valence-electron chi connectivity index (χ3n) is 9.06. The Bertz CT molecular complexity index is 2080. The van der Waals surface area contributed by atoms with Gasteiger partial charge in [-0.15, -0.1) is 0 Å². The minimum Gasteiger partial charge on any atom is -0.488 e. The van der Waals surface area contributed by atoms with E-state index in [0.29, 0.717) is 28.6 Å². The van der Waals surface area contributed by atoms with E-state index in [2.05, 4.69) is 5.32 Å². The number of ether oxygens (including phenoxy) is 3. The van der Waals surface area contributed by atoms with Crippen LogP contribution in [0.1, 0.15) is 28.2 Å². The number of nitrogens with one attached hydrogen (secondary N) is 1. The Morgan fingerprint density at radius 1 is 0.745 bits per heavy atom. The minimum absolute atomic E-state index is 0.0104. The third kappa shape index (κ3) is 9.74. The Kier molecular flexibility index (Phi) is 12.0. The maximum atomic E-state index is 11.7. The van der Waals surface area contributed by atoms with Gasteiger partial charge in [0, 0.05) is 49.0 Å². The molecule has 55 heavy (non-hydrogen) atoms. The molecule has 1 aliphatic rings. The number of aliphatic carboxylic acids is 4. The predicted octanol–water partition coefficient (Wildman–Crippen LogP) is 4.93. The van der Waals surface area contributed by atoms with Crippen molar-refractivity contribution in [3.05, 3.63) is 95.1 Å². The highest BCUT2D eigenvalue weighted by molar-refractivity contribution is 5.81. The Balaban J connectivity index is 1.49. The zero-order valence-electron chi connectivity index (χ0n) is 31.2. The first-order valence-electron chi connectivity index (χ1n) is 17.3. The van der Waals surface area contributed by atoms with E-state index >= 15 is 0 Å². The van der Waals surface area contributed by atoms with E-state index in [1.165, 1.54) is 4.90 Å². The normalized spacial score (nSPS) is 13.1. The number of likely N-dealkylation sites (N-methyl/N-ethyl adjacent to an activating group) is 1. The van der Waals surface area contributed by atoms with Crippen LogP contribution in [0.15, 0.2) is 72.8 Å². The van der Waals surface area contributed by atoms with Crippen molar-refractivity contribution in [2.45, 2.75) is 12.8 Å². The SMILES string of the molecule is Cc1ccc(N(CC(=O)O)CC(=O)O)c(OCCOc2cc(C3c4ccc(N(C)C)cc4Oc4cc([N+](C)(C)CC(=O)O)ccc43)ccc2NCC(=O)O)c1. The number of anilines is 3. The summed E-state index contributed by atoms with van der Waals surface area (Å²) in [4.78, 5) is 49.4. The number of rotatable bonds is 18. The number of carbonyl (C=O) groups is 4. The summed E-state index contributed by atoms with van der Waals surface area (Å²) < 4.78 is 18.9. The van der Waals surface area contributed by atoms with Crippen LogP contribution in [0.5, 0.6) is 23.0 Å². The van der Waals surface area contributed by atoms with E-state index in [1.54, 1.807) is 24.3 Å². The van der Waals surface area contributed by atoms with E-state index in [9.17, 15) is 39.6 Å². The van der Waals surface area contributed by atoms with Crippen LogP contribution in [0.25, 0.3) is 0 Å². The van der Waals surface area contributed by atoms with Gasteiger partial charge in [0.1, 0.15) is 61.5 Å². The molecule has 15 heteroatoms. The van der Waals surface area contributed by atoms with Crippen LogP contribution in [0.4, 0.5) is 22.7 Å². The molecule has 1 atom stereocenters. The summed E-state index contributed by atoms with van der Waals surface area (Å²) in [5.41, 5.74) is 5.72. The second-order valence-electron chi connectivity index (χ2n) is 13.9. The van der Waals surface area contributed by atoms with Gasteiger partial charge in [0.15, 0.2) is 6.54 Å². The van der Waals surface area contributed by atoms with Gasteiger partial charge in [0.05, 0.1) is 25.5 Å². The van der Waals surface area contributed by atoms with Gasteiger partial charge in [-0.1, -0.05) is 18.2 Å². The van der Waals surface area contributed by atoms with Crippen molar-refractivity contribution in [2.75, 3.05) is 82.7 Å². The molecule has 0 aromatic heterocycles. The highest BCUT2D eigenvalue weighted by Gasteiger charge is 2.33. The largest absolute Gasteiger partial charge is 0.488 e. The lowest BCUT2D eigenvalue weighted by Crippen LogP contribution is -2.44. The van der Waals surface area contributed by atoms with Crippen molar-refractivity contribution in [1.82, 2.24) is 4.48 Å². The number of quaternary nitrogens is 1. The van der Waals surface area contributed by atoms with E-state index in [4.69, 9.17) is 14.2 Å². The molecule has 5 rings (SSSR count). The molecule has 0 saturated heterocycles. The van der Waals surface area contributed by atoms with Gasteiger partial charge in [-0.2, -0.15) is 0 Å². The molecule has 1 aliphatic heterocycles. The zero-order chi connectivity index (χ0) is 40.0. The van der Waals surface area contributed by atoms with Crippen molar-refractivity contribution < 1.29 is 53.8 Å². The maximum Gasteiger partial charge on any atom is 0.359 e. The number of hydrogen-bond donors (Lipinski definition) is 5. The molecular formula is C40H45N4O11+. The second-order valence-corrected chi connectivity index (χ2v) is 13.9. The molecule has 0 fully saturated rings. The third-order valence-corrected chi connectivity index (χ3v) is 9.06. The summed E-state index contributed by atoms with van der Waals surface area (Å²) >= 11 is 0. The van der Waals surface area contributed by atoms with Gasteiger partial charge in [-0.3, -0.25) is 18.9 Å². The lowest BCUT2D eigenvalue weighted by molar-refractivity contribution is -0.138. The van der Waals surface area contributed by atoms with Crippen molar-refractivity contribution >= 4 is 46.6 Å². The van der Waals surface area contributed by atoms with Gasteiger partial charge in [0.25, 0.3) is 0 Å². The standard InChI is InChI=1S/C40H44N4O11/c1-24-6-13-31(43(21-37(47)48)22-38(49)50)35(16-24)54-15-14-53-34-17-25(7-12-30(34)41-20-36(45)46)40-28-10-8-26(42(2)3)18-32(28)55-33-19-27(9-11-29(33)40)44(4,5)23-39(51)52/h6-13,16-19,40-41H,14-15,20-23H2,1-5H3,(H3-,45,46,47,48,49,50,51,52)/p+1. The monoisotopic (exact) mass is 757 g/mol. The average Bonchev–Trinajstić information content (AvgIpc) is 3.10. The van der Waals surface area contributed by atoms with E-state index in [0.717, 1.165) is 33.6 Å². The number of carboxylic acids is 4. The Morgan fingerprint density at radius 2 is 1.38 bits per heavy atom. The van der Waals surface area contributed by atoms with Crippen LogP contribution >= 0.6 is 0 Å². The van der Waals surface area contributed by atoms with Gasteiger partial charge in [-0.25, -0.2) is 4.79 Å². The fourth-order valence-electron chi connectivity index (χ4n) is 6.44. The van der Waals surface area contributed by atoms with Crippen molar-refractivity contribution in [2.24, 2.45) is 0 Å². The van der Waals surface area contributed by atoms with Gasteiger partial charge >= 0.3 is 23.9 Å². The predicted molar refractivity (Wildman–Crippen MR) is 207 cm³/mol. The van der Waals surface area contributed by atoms with Gasteiger partial charge < -0.3 is 49.8 Å². The van der Waals surface area contributed by atoms with Crippen LogP contribution in [0.2, 0.25) is 0 Å². The van der Waals surface area contributed by atoms with Crippen molar-refractivity contribution in [1.29, 1.82) is 0 Å². The number of nitrogens with zero attached hydrogens (tertiary/aromatic N) is 3. The molecule has 1 unspecified atom stereocenters. The highest BCUT2D eigenvalue weighted by Crippen LogP contribution is 2.50. The number of benzene rings is 4. The second kappa shape index (κ2) is 16.7. The molecule has 0 spiro atoms. The fraction of sp³-hybridized carbons (Fsp3) is 0.300. The first kappa shape index (κ1) is 39.7. The first-order valence-corrected chi connectivity index (χ1v) is 17.3. The van der Waals surface area contributed by atoms with Crippen LogP contribution in [0, 0.1) is 6.92 Å². The Hall–Kier alpha value is -6.48. The van der Waals surface area contributed by atoms with E-state index in [1.807, 2.05) is 88.5 Å². The maximum absolute atomic E-state index is 11.7. The molecule has 15 nitrogen and oxygen atoms in total. The summed E-state index contributed by atoms with van der Waals surface area (Å²) in [5, 5.41) is 40.7. The van der Waals surface area contributed by atoms with Gasteiger partial charge in [-0.05, 0) is 60.5 Å². The smallest absolute Gasteiger partial charge is 0.359 e. The number of aryl methyl sites for hydroxylation is 1. The Labute approximate surface area is 318 Å². The number of hydrogen-bond acceptors (Lipinski definition) is 10. The van der Waals surface area contributed by atoms with Crippen LogP contribution in [-0.4, -0.2) is 112 Å². The molecule has 0 aliphatic carbocycles. The summed E-state index contributed by atoms with van der Waals surface area (Å²) in [6, 6.07) is 22.1. The fourth-order valence-corrected chi connectivity index (χ4v) is 6.44. The lowest BCUT2D eigenvalue weighted by Gasteiger charge is -2.32. The first-order chi connectivity index (χ1) is 26.0. The molecule has 0 amide bonds. The summed E-state index contributed by atoms with van der Waals surface area (Å²) in [6.45, 7) is 0.187. The summed E-state index contributed by atoms with van der Waals surface area (Å²) in [6.07, 6.45) is 0. The lowest BCUT2D eigenvalue weighted by atomic mass is 9.82. The molecule has 0 saturated carbocycles. The number of fused-ring (bicyclic) bond motifs is 2. The van der Waals surface area contributed by atoms with Gasteiger partial charge in [0.2, 0.25) is 0 Å². The van der Waals surface area contributed by atoms with Crippen molar-refractivity contribution in [3.8, 4) is 23.0 Å². The summed E-state index contributed by atoms with van der Waals surface area (Å²) in [7, 11) is 7.48. The highest BCUT2D eigenvalue weighted by atomic mass is 16.5. The van der Waals surface area contributed by atoms with Crippen molar-refractivity contribution in [3.63, 3.8) is 0 Å².